The predicted octanol–water partition coefficient (Wildman–Crippen LogP) is 3.90. The van der Waals surface area contributed by atoms with Gasteiger partial charge in [-0.1, -0.05) is 25.4 Å². The zero-order valence-electron chi connectivity index (χ0n) is 15.7. The van der Waals surface area contributed by atoms with Crippen molar-refractivity contribution in [1.29, 1.82) is 0 Å². The number of aryl methyl sites for hydroxylation is 1. The molecule has 0 saturated heterocycles. The van der Waals surface area contributed by atoms with E-state index in [1.165, 1.54) is 5.01 Å². The fraction of sp³-hybridized carbons (Fsp3) is 0.556. The van der Waals surface area contributed by atoms with Crippen molar-refractivity contribution in [2.45, 2.75) is 39.7 Å². The Labute approximate surface area is 159 Å². The fourth-order valence-electron chi connectivity index (χ4n) is 2.49. The third kappa shape index (κ3) is 5.75. The maximum absolute atomic E-state index is 6.07. The first-order valence-corrected chi connectivity index (χ1v) is 9.91. The highest BCUT2D eigenvalue weighted by Gasteiger charge is 2.10. The number of nitrogens with zero attached hydrogens (tertiary/aromatic N) is 4. The number of aromatic nitrogens is 2. The molecule has 0 aliphatic rings. The van der Waals surface area contributed by atoms with E-state index in [4.69, 9.17) is 16.6 Å². The summed E-state index contributed by atoms with van der Waals surface area (Å²) in [6.45, 7) is 8.75. The van der Waals surface area contributed by atoms with Gasteiger partial charge in [-0.05, 0) is 13.0 Å². The molecule has 0 aromatic carbocycles. The summed E-state index contributed by atoms with van der Waals surface area (Å²) in [6.07, 6.45) is 2.78. The lowest BCUT2D eigenvalue weighted by Gasteiger charge is -2.22. The maximum Gasteiger partial charge on any atom is 0.194 e. The minimum Gasteiger partial charge on any atom is -0.357 e. The quantitative estimate of drug-likeness (QED) is 0.584. The number of aliphatic imine (C=N–C) groups is 1. The Hall–Kier alpha value is -1.53. The highest BCUT2D eigenvalue weighted by molar-refractivity contribution is 7.09. The summed E-state index contributed by atoms with van der Waals surface area (Å²) in [6, 6.07) is 1.99. The van der Waals surface area contributed by atoms with Crippen LogP contribution >= 0.6 is 22.9 Å². The number of hydrogen-bond acceptors (Lipinski definition) is 3. The fourth-order valence-corrected chi connectivity index (χ4v) is 3.63. The van der Waals surface area contributed by atoms with Crippen molar-refractivity contribution in [3.8, 4) is 0 Å². The predicted molar refractivity (Wildman–Crippen MR) is 108 cm³/mol. The molecule has 2 rings (SSSR count). The van der Waals surface area contributed by atoms with E-state index in [0.717, 1.165) is 48.4 Å². The van der Waals surface area contributed by atoms with Crippen molar-refractivity contribution in [2.75, 3.05) is 20.1 Å². The Bertz CT molecular complexity index is 704. The third-order valence-corrected chi connectivity index (χ3v) is 5.26. The van der Waals surface area contributed by atoms with Crippen molar-refractivity contribution in [3.63, 3.8) is 0 Å². The SMILES string of the molecule is CCNC(=NCCc1csc(C(C)C)n1)N(C)Cc1cc(Cl)cn1C. The van der Waals surface area contributed by atoms with E-state index in [0.29, 0.717) is 5.92 Å². The van der Waals surface area contributed by atoms with Crippen LogP contribution in [0.2, 0.25) is 5.02 Å². The molecular weight excluding hydrogens is 354 g/mol. The minimum atomic E-state index is 0.489. The monoisotopic (exact) mass is 381 g/mol. The van der Waals surface area contributed by atoms with Crippen LogP contribution in [-0.4, -0.2) is 40.5 Å². The summed E-state index contributed by atoms with van der Waals surface area (Å²) in [5.41, 5.74) is 2.28. The molecule has 5 nitrogen and oxygen atoms in total. The van der Waals surface area contributed by atoms with E-state index in [-0.39, 0.29) is 0 Å². The van der Waals surface area contributed by atoms with Gasteiger partial charge in [-0.2, -0.15) is 0 Å². The summed E-state index contributed by atoms with van der Waals surface area (Å²) >= 11 is 7.81. The van der Waals surface area contributed by atoms with E-state index < -0.39 is 0 Å². The van der Waals surface area contributed by atoms with Crippen LogP contribution < -0.4 is 5.32 Å². The van der Waals surface area contributed by atoms with Crippen LogP contribution in [0.5, 0.6) is 0 Å². The van der Waals surface area contributed by atoms with E-state index in [1.807, 2.05) is 30.9 Å². The molecule has 0 aliphatic heterocycles. The molecule has 0 aliphatic carbocycles. The zero-order chi connectivity index (χ0) is 18.4. The van der Waals surface area contributed by atoms with Gasteiger partial charge in [0.1, 0.15) is 0 Å². The highest BCUT2D eigenvalue weighted by atomic mass is 35.5. The van der Waals surface area contributed by atoms with Crippen LogP contribution in [0, 0.1) is 0 Å². The molecule has 0 bridgehead atoms. The molecule has 0 unspecified atom stereocenters. The van der Waals surface area contributed by atoms with Gasteiger partial charge in [0.2, 0.25) is 0 Å². The van der Waals surface area contributed by atoms with Gasteiger partial charge in [0.15, 0.2) is 5.96 Å². The largest absolute Gasteiger partial charge is 0.357 e. The average Bonchev–Trinajstić information content (AvgIpc) is 3.13. The van der Waals surface area contributed by atoms with Crippen LogP contribution in [0.15, 0.2) is 22.6 Å². The molecule has 138 valence electrons. The number of guanidine groups is 1. The number of hydrogen-bond donors (Lipinski definition) is 1. The van der Waals surface area contributed by atoms with Gasteiger partial charge in [-0.3, -0.25) is 4.99 Å². The van der Waals surface area contributed by atoms with Gasteiger partial charge >= 0.3 is 0 Å². The molecule has 25 heavy (non-hydrogen) atoms. The number of halogens is 1. The Kier molecular flexibility index (Phi) is 7.32. The van der Waals surface area contributed by atoms with E-state index in [9.17, 15) is 0 Å². The van der Waals surface area contributed by atoms with Crippen LogP contribution in [0.4, 0.5) is 0 Å². The molecule has 0 fully saturated rings. The molecule has 2 aromatic heterocycles. The standard InChI is InChI=1S/C18H28ClN5S/c1-6-20-18(24(5)11-16-9-14(19)10-23(16)4)21-8-7-15-12-25-17(22-15)13(2)3/h9-10,12-13H,6-8,11H2,1-5H3,(H,20,21). The van der Waals surface area contributed by atoms with Crippen LogP contribution in [0.3, 0.4) is 0 Å². The first kappa shape index (κ1) is 19.8. The summed E-state index contributed by atoms with van der Waals surface area (Å²) in [5, 5.41) is 7.46. The van der Waals surface area contributed by atoms with Gasteiger partial charge in [0.05, 0.1) is 22.3 Å². The molecule has 7 heteroatoms. The summed E-state index contributed by atoms with van der Waals surface area (Å²) in [4.78, 5) is 11.5. The molecule has 2 heterocycles. The molecule has 1 N–H and O–H groups in total. The smallest absolute Gasteiger partial charge is 0.194 e. The van der Waals surface area contributed by atoms with Gasteiger partial charge in [0.25, 0.3) is 0 Å². The first-order chi connectivity index (χ1) is 11.9. The van der Waals surface area contributed by atoms with E-state index in [1.54, 1.807) is 11.3 Å². The van der Waals surface area contributed by atoms with E-state index in [2.05, 4.69) is 41.4 Å². The number of rotatable bonds is 7. The van der Waals surface area contributed by atoms with Crippen molar-refractivity contribution < 1.29 is 0 Å². The Balaban J connectivity index is 1.97. The average molecular weight is 382 g/mol. The maximum atomic E-state index is 6.07. The summed E-state index contributed by atoms with van der Waals surface area (Å²) in [5.74, 6) is 1.39. The van der Waals surface area contributed by atoms with Crippen LogP contribution in [0.25, 0.3) is 0 Å². The second-order valence-corrected chi connectivity index (χ2v) is 7.76. The molecule has 0 amide bonds. The Morgan fingerprint density at radius 1 is 1.48 bits per heavy atom. The summed E-state index contributed by atoms with van der Waals surface area (Å²) in [7, 11) is 4.05. The van der Waals surface area contributed by atoms with Gasteiger partial charge in [-0.15, -0.1) is 11.3 Å². The second kappa shape index (κ2) is 9.25. The van der Waals surface area contributed by atoms with Gasteiger partial charge < -0.3 is 14.8 Å². The van der Waals surface area contributed by atoms with Crippen LogP contribution in [0.1, 0.15) is 43.1 Å². The van der Waals surface area contributed by atoms with E-state index >= 15 is 0 Å². The van der Waals surface area contributed by atoms with Gasteiger partial charge in [0, 0.05) is 56.8 Å². The Morgan fingerprint density at radius 3 is 2.80 bits per heavy atom. The molecular formula is C18H28ClN5S. The normalized spacial score (nSPS) is 12.0. The second-order valence-electron chi connectivity index (χ2n) is 6.43. The lowest BCUT2D eigenvalue weighted by molar-refractivity contribution is 0.462. The third-order valence-electron chi connectivity index (χ3n) is 3.86. The highest BCUT2D eigenvalue weighted by Crippen LogP contribution is 2.19. The minimum absolute atomic E-state index is 0.489. The molecule has 0 atom stereocenters. The molecule has 0 spiro atoms. The van der Waals surface area contributed by atoms with Crippen LogP contribution in [-0.2, 0) is 20.0 Å². The lowest BCUT2D eigenvalue weighted by Crippen LogP contribution is -2.39. The summed E-state index contributed by atoms with van der Waals surface area (Å²) < 4.78 is 2.05. The van der Waals surface area contributed by atoms with Crippen molar-refractivity contribution >= 4 is 28.9 Å². The number of nitrogens with one attached hydrogen (secondary N) is 1. The lowest BCUT2D eigenvalue weighted by atomic mass is 10.2. The molecule has 2 aromatic rings. The zero-order valence-corrected chi connectivity index (χ0v) is 17.3. The molecule has 0 saturated carbocycles. The van der Waals surface area contributed by atoms with Gasteiger partial charge in [-0.25, -0.2) is 4.98 Å². The number of thiazole rings is 1. The van der Waals surface area contributed by atoms with Crippen molar-refractivity contribution in [2.24, 2.45) is 12.0 Å². The topological polar surface area (TPSA) is 45.5 Å². The van der Waals surface area contributed by atoms with Crippen molar-refractivity contribution in [1.82, 2.24) is 19.8 Å². The molecule has 0 radical (unpaired) electrons. The van der Waals surface area contributed by atoms with Crippen molar-refractivity contribution in [3.05, 3.63) is 39.1 Å². The Morgan fingerprint density at radius 2 is 2.24 bits per heavy atom. The first-order valence-electron chi connectivity index (χ1n) is 8.65.